The Hall–Kier alpha value is -3.23. The van der Waals surface area contributed by atoms with Gasteiger partial charge in [0.05, 0.1) is 17.2 Å². The van der Waals surface area contributed by atoms with Gasteiger partial charge < -0.3 is 10.1 Å². The third-order valence-corrected chi connectivity index (χ3v) is 7.66. The highest BCUT2D eigenvalue weighted by molar-refractivity contribution is 6.36. The molecule has 4 rings (SSSR count). The number of aromatic nitrogens is 4. The van der Waals surface area contributed by atoms with Crippen LogP contribution in [0.4, 0.5) is 0 Å². The predicted octanol–water partition coefficient (Wildman–Crippen LogP) is 7.76. The van der Waals surface area contributed by atoms with Crippen LogP contribution in [-0.2, 0) is 16.6 Å². The van der Waals surface area contributed by atoms with Crippen LogP contribution in [0.3, 0.4) is 0 Å². The Morgan fingerprint density at radius 3 is 2.43 bits per heavy atom. The zero-order chi connectivity index (χ0) is 31.1. The Balaban J connectivity index is 0.000000350. The van der Waals surface area contributed by atoms with E-state index in [-0.39, 0.29) is 17.6 Å². The normalized spacial score (nSPS) is 13.9. The number of amides is 1. The van der Waals surface area contributed by atoms with Crippen LogP contribution < -0.4 is 10.1 Å². The first kappa shape index (κ1) is 35.0. The van der Waals surface area contributed by atoms with Gasteiger partial charge in [-0.1, -0.05) is 74.2 Å². The fourth-order valence-electron chi connectivity index (χ4n) is 4.38. The third kappa shape index (κ3) is 9.39. The van der Waals surface area contributed by atoms with Gasteiger partial charge in [-0.3, -0.25) is 14.6 Å². The van der Waals surface area contributed by atoms with Crippen molar-refractivity contribution in [2.24, 2.45) is 0 Å². The standard InChI is InChI=1S/C19H18Cl2N4O2.C11H19NO.C2H6/c1-19(6-3-7-19)18-23-17-16(27-2)5-4-14(25(17)24-18)15(26)8-11-12(20)9-22-10-13(11)21;1-3-4-5-6-7-8-11(2)9-12-10-13;1-2/h4-5,9-10H,3,6-8H2,1-2H3;3-4,8,10H,5-7,9H2,1-2H3,(H,12,13);1-2H3/b;4-3-,11-8+;. The topological polar surface area (TPSA) is 98.5 Å². The van der Waals surface area contributed by atoms with Crippen LogP contribution in [0.5, 0.6) is 5.75 Å². The minimum Gasteiger partial charge on any atom is -0.493 e. The van der Waals surface area contributed by atoms with Gasteiger partial charge in [-0.25, -0.2) is 9.50 Å². The van der Waals surface area contributed by atoms with E-state index in [1.807, 2.05) is 27.7 Å². The summed E-state index contributed by atoms with van der Waals surface area (Å²) in [4.78, 5) is 31.6. The van der Waals surface area contributed by atoms with Crippen LogP contribution in [0.2, 0.25) is 10.0 Å². The summed E-state index contributed by atoms with van der Waals surface area (Å²) in [6.45, 7) is 10.9. The Morgan fingerprint density at radius 1 is 1.17 bits per heavy atom. The number of Topliss-reactive ketones (excluding diaryl/α,β-unsaturated/α-hetero) is 1. The van der Waals surface area contributed by atoms with E-state index in [0.717, 1.165) is 44.3 Å². The van der Waals surface area contributed by atoms with Crippen molar-refractivity contribution in [2.45, 2.75) is 85.0 Å². The monoisotopic (exact) mass is 615 g/mol. The first-order valence-electron chi connectivity index (χ1n) is 14.4. The van der Waals surface area contributed by atoms with Crippen LogP contribution >= 0.6 is 23.2 Å². The molecule has 0 radical (unpaired) electrons. The van der Waals surface area contributed by atoms with Crippen molar-refractivity contribution in [3.63, 3.8) is 0 Å². The van der Waals surface area contributed by atoms with Crippen molar-refractivity contribution >= 4 is 41.0 Å². The summed E-state index contributed by atoms with van der Waals surface area (Å²) in [6, 6.07) is 3.43. The molecule has 1 N–H and O–H groups in total. The van der Waals surface area contributed by atoms with E-state index in [4.69, 9.17) is 27.9 Å². The van der Waals surface area contributed by atoms with E-state index in [1.165, 1.54) is 24.4 Å². The van der Waals surface area contributed by atoms with E-state index in [0.29, 0.717) is 39.2 Å². The van der Waals surface area contributed by atoms with Crippen molar-refractivity contribution in [1.29, 1.82) is 0 Å². The van der Waals surface area contributed by atoms with Gasteiger partial charge in [0.1, 0.15) is 5.69 Å². The molecule has 10 heteroatoms. The number of carbonyl (C=O) groups is 2. The van der Waals surface area contributed by atoms with E-state index < -0.39 is 0 Å². The summed E-state index contributed by atoms with van der Waals surface area (Å²) in [5.74, 6) is 1.16. The minimum absolute atomic E-state index is 0.0466. The molecule has 1 saturated carbocycles. The molecule has 1 aliphatic rings. The quantitative estimate of drug-likeness (QED) is 0.0967. The van der Waals surface area contributed by atoms with Crippen molar-refractivity contribution < 1.29 is 14.3 Å². The molecule has 0 aliphatic heterocycles. The number of unbranched alkanes of at least 4 members (excludes halogenated alkanes) is 2. The number of ether oxygens (including phenoxy) is 1. The van der Waals surface area contributed by atoms with Gasteiger partial charge in [-0.05, 0) is 58.1 Å². The van der Waals surface area contributed by atoms with E-state index in [1.54, 1.807) is 23.8 Å². The summed E-state index contributed by atoms with van der Waals surface area (Å²) in [5, 5.41) is 8.01. The summed E-state index contributed by atoms with van der Waals surface area (Å²) in [7, 11) is 1.58. The Labute approximate surface area is 259 Å². The number of nitrogens with one attached hydrogen (secondary N) is 1. The first-order chi connectivity index (χ1) is 20.2. The molecule has 0 aromatic carbocycles. The lowest BCUT2D eigenvalue weighted by atomic mass is 9.70. The molecule has 0 bridgehead atoms. The third-order valence-electron chi connectivity index (χ3n) is 7.01. The van der Waals surface area contributed by atoms with Gasteiger partial charge in [0.15, 0.2) is 23.0 Å². The van der Waals surface area contributed by atoms with E-state index in [9.17, 15) is 9.59 Å². The fourth-order valence-corrected chi connectivity index (χ4v) is 4.88. The molecule has 0 saturated heterocycles. The van der Waals surface area contributed by atoms with Gasteiger partial charge in [0.25, 0.3) is 0 Å². The number of halogens is 2. The lowest BCUT2D eigenvalue weighted by Crippen LogP contribution is -2.31. The van der Waals surface area contributed by atoms with Crippen LogP contribution in [0.15, 0.2) is 48.3 Å². The summed E-state index contributed by atoms with van der Waals surface area (Å²) in [5.41, 5.74) is 2.69. The molecular weight excluding hydrogens is 573 g/mol. The number of allylic oxidation sites excluding steroid dienone is 3. The average Bonchev–Trinajstić information content (AvgIpc) is 3.43. The largest absolute Gasteiger partial charge is 0.493 e. The molecule has 3 heterocycles. The van der Waals surface area contributed by atoms with Crippen LogP contribution in [0.25, 0.3) is 5.65 Å². The number of ketones is 1. The van der Waals surface area contributed by atoms with Crippen molar-refractivity contribution in [3.8, 4) is 5.75 Å². The van der Waals surface area contributed by atoms with Crippen LogP contribution in [0, 0.1) is 0 Å². The zero-order valence-corrected chi connectivity index (χ0v) is 27.1. The number of rotatable bonds is 12. The van der Waals surface area contributed by atoms with Crippen LogP contribution in [-0.4, -0.2) is 45.4 Å². The molecular formula is C32H43Cl2N5O3. The van der Waals surface area contributed by atoms with Gasteiger partial charge in [0.2, 0.25) is 6.41 Å². The van der Waals surface area contributed by atoms with Crippen molar-refractivity contribution in [3.05, 3.63) is 75.5 Å². The second-order valence-electron chi connectivity index (χ2n) is 10.1. The molecule has 228 valence electrons. The highest BCUT2D eigenvalue weighted by atomic mass is 35.5. The van der Waals surface area contributed by atoms with Crippen LogP contribution in [0.1, 0.15) is 95.0 Å². The lowest BCUT2D eigenvalue weighted by Gasteiger charge is -2.35. The SMILES string of the molecule is C/C=C\CCC/C=C(\C)CNC=O.CC.COc1ccc(C(=O)Cc2c(Cl)cncc2Cl)n2nc(C3(C)CCC3)nc12. The number of hydrogen-bond acceptors (Lipinski definition) is 6. The molecule has 1 aliphatic carbocycles. The fraction of sp³-hybridized carbons (Fsp3) is 0.469. The Morgan fingerprint density at radius 2 is 1.86 bits per heavy atom. The molecule has 0 atom stereocenters. The Kier molecular flexibility index (Phi) is 14.7. The summed E-state index contributed by atoms with van der Waals surface area (Å²) >= 11 is 12.3. The highest BCUT2D eigenvalue weighted by Crippen LogP contribution is 2.42. The van der Waals surface area contributed by atoms with Gasteiger partial charge >= 0.3 is 0 Å². The molecule has 1 fully saturated rings. The summed E-state index contributed by atoms with van der Waals surface area (Å²) < 4.78 is 6.98. The molecule has 3 aromatic heterocycles. The molecule has 3 aromatic rings. The van der Waals surface area contributed by atoms with Gasteiger partial charge in [0, 0.05) is 36.3 Å². The van der Waals surface area contributed by atoms with Crippen molar-refractivity contribution in [2.75, 3.05) is 13.7 Å². The maximum atomic E-state index is 13.0. The predicted molar refractivity (Wildman–Crippen MR) is 171 cm³/mol. The average molecular weight is 617 g/mol. The lowest BCUT2D eigenvalue weighted by molar-refractivity contribution is -0.109. The first-order valence-corrected chi connectivity index (χ1v) is 15.2. The molecule has 42 heavy (non-hydrogen) atoms. The molecule has 0 spiro atoms. The second-order valence-corrected chi connectivity index (χ2v) is 10.9. The number of pyridine rings is 2. The van der Waals surface area contributed by atoms with Gasteiger partial charge in [-0.2, -0.15) is 0 Å². The summed E-state index contributed by atoms with van der Waals surface area (Å²) in [6.07, 6.45) is 16.8. The second kappa shape index (κ2) is 17.7. The Bertz CT molecular complexity index is 1360. The highest BCUT2D eigenvalue weighted by Gasteiger charge is 2.38. The number of carbonyl (C=O) groups excluding carboxylic acids is 2. The number of nitrogens with zero attached hydrogens (tertiary/aromatic N) is 4. The number of fused-ring (bicyclic) bond motifs is 1. The zero-order valence-electron chi connectivity index (χ0n) is 25.5. The van der Waals surface area contributed by atoms with E-state index in [2.05, 4.69) is 45.5 Å². The number of methoxy groups -OCH3 is 1. The smallest absolute Gasteiger partial charge is 0.207 e. The molecule has 1 amide bonds. The maximum absolute atomic E-state index is 13.0. The van der Waals surface area contributed by atoms with Crippen molar-refractivity contribution in [1.82, 2.24) is 24.9 Å². The number of hydrogen-bond donors (Lipinski definition) is 1. The van der Waals surface area contributed by atoms with E-state index >= 15 is 0 Å². The maximum Gasteiger partial charge on any atom is 0.207 e. The van der Waals surface area contributed by atoms with Gasteiger partial charge in [-0.15, -0.1) is 5.10 Å². The molecule has 0 unspecified atom stereocenters. The minimum atomic E-state index is -0.159. The molecule has 8 nitrogen and oxygen atoms in total.